The van der Waals surface area contributed by atoms with Crippen molar-refractivity contribution in [3.63, 3.8) is 0 Å². The van der Waals surface area contributed by atoms with Gasteiger partial charge in [0.05, 0.1) is 38.7 Å². The molecule has 10 heteroatoms. The number of anilines is 2. The maximum atomic E-state index is 13.6. The van der Waals surface area contributed by atoms with E-state index in [0.717, 1.165) is 6.07 Å². The minimum Gasteiger partial charge on any atom is -0.497 e. The summed E-state index contributed by atoms with van der Waals surface area (Å²) in [7, 11) is 2.99. The van der Waals surface area contributed by atoms with Crippen molar-refractivity contribution in [1.82, 2.24) is 5.32 Å². The Morgan fingerprint density at radius 1 is 1.10 bits per heavy atom. The van der Waals surface area contributed by atoms with Crippen molar-refractivity contribution in [2.45, 2.75) is 12.7 Å². The van der Waals surface area contributed by atoms with Crippen LogP contribution in [-0.2, 0) is 17.5 Å². The van der Waals surface area contributed by atoms with E-state index >= 15 is 0 Å². The fourth-order valence-corrected chi connectivity index (χ4v) is 3.26. The van der Waals surface area contributed by atoms with Crippen LogP contribution in [0.25, 0.3) is 0 Å². The van der Waals surface area contributed by atoms with Gasteiger partial charge in [0.15, 0.2) is 0 Å². The van der Waals surface area contributed by atoms with E-state index in [4.69, 9.17) is 14.2 Å². The third-order valence-corrected chi connectivity index (χ3v) is 4.86. The van der Waals surface area contributed by atoms with Crippen LogP contribution < -0.4 is 25.0 Å². The van der Waals surface area contributed by atoms with E-state index in [9.17, 15) is 18.0 Å². The summed E-state index contributed by atoms with van der Waals surface area (Å²) in [4.78, 5) is 14.1. The van der Waals surface area contributed by atoms with E-state index in [1.54, 1.807) is 24.3 Å². The Bertz CT molecular complexity index is 915. The summed E-state index contributed by atoms with van der Waals surface area (Å²) in [6.07, 6.45) is -4.62. The van der Waals surface area contributed by atoms with E-state index in [1.807, 2.05) is 4.90 Å². The second-order valence-electron chi connectivity index (χ2n) is 6.81. The normalized spacial score (nSPS) is 14.2. The SMILES string of the molecule is COc1ccc(OC)c(CNC(=O)Nc2ccc(N3CCOCC3)cc2C(F)(F)F)c1. The maximum absolute atomic E-state index is 13.6. The predicted molar refractivity (Wildman–Crippen MR) is 110 cm³/mol. The Balaban J connectivity index is 1.73. The predicted octanol–water partition coefficient (Wildman–Crippen LogP) is 3.88. The van der Waals surface area contributed by atoms with E-state index in [-0.39, 0.29) is 12.2 Å². The zero-order valence-electron chi connectivity index (χ0n) is 17.2. The summed E-state index contributed by atoms with van der Waals surface area (Å²) in [6.45, 7) is 1.97. The third kappa shape index (κ3) is 5.72. The van der Waals surface area contributed by atoms with E-state index < -0.39 is 17.8 Å². The topological polar surface area (TPSA) is 72.1 Å². The average Bonchev–Trinajstić information content (AvgIpc) is 2.77. The van der Waals surface area contributed by atoms with Crippen LogP contribution in [0.15, 0.2) is 36.4 Å². The molecule has 0 aliphatic carbocycles. The highest BCUT2D eigenvalue weighted by molar-refractivity contribution is 5.90. The highest BCUT2D eigenvalue weighted by atomic mass is 19.4. The number of nitrogens with one attached hydrogen (secondary N) is 2. The number of morpholine rings is 1. The molecule has 31 heavy (non-hydrogen) atoms. The first kappa shape index (κ1) is 22.5. The number of hydrogen-bond acceptors (Lipinski definition) is 5. The van der Waals surface area contributed by atoms with Crippen LogP contribution in [-0.4, -0.2) is 46.6 Å². The highest BCUT2D eigenvalue weighted by Gasteiger charge is 2.35. The lowest BCUT2D eigenvalue weighted by Gasteiger charge is -2.29. The van der Waals surface area contributed by atoms with Crippen molar-refractivity contribution in [2.75, 3.05) is 50.7 Å². The van der Waals surface area contributed by atoms with Crippen molar-refractivity contribution in [3.05, 3.63) is 47.5 Å². The minimum absolute atomic E-state index is 0.0411. The molecule has 1 fully saturated rings. The van der Waals surface area contributed by atoms with Crippen LogP contribution >= 0.6 is 0 Å². The van der Waals surface area contributed by atoms with Gasteiger partial charge in [0.25, 0.3) is 0 Å². The van der Waals surface area contributed by atoms with Crippen LogP contribution in [0.2, 0.25) is 0 Å². The minimum atomic E-state index is -4.62. The molecule has 0 bridgehead atoms. The van der Waals surface area contributed by atoms with Gasteiger partial charge >= 0.3 is 12.2 Å². The second-order valence-corrected chi connectivity index (χ2v) is 6.81. The zero-order valence-corrected chi connectivity index (χ0v) is 17.2. The van der Waals surface area contributed by atoms with Gasteiger partial charge in [-0.1, -0.05) is 0 Å². The molecule has 2 aromatic carbocycles. The lowest BCUT2D eigenvalue weighted by molar-refractivity contribution is -0.136. The molecule has 0 aromatic heterocycles. The number of hydrogen-bond donors (Lipinski definition) is 2. The Kier molecular flexibility index (Phi) is 7.11. The number of ether oxygens (including phenoxy) is 3. The van der Waals surface area contributed by atoms with Crippen LogP contribution in [0.1, 0.15) is 11.1 Å². The van der Waals surface area contributed by atoms with Crippen LogP contribution in [0.5, 0.6) is 11.5 Å². The first-order chi connectivity index (χ1) is 14.8. The van der Waals surface area contributed by atoms with Gasteiger partial charge in [-0.25, -0.2) is 4.79 Å². The summed E-state index contributed by atoms with van der Waals surface area (Å²) < 4.78 is 56.5. The Labute approximate surface area is 178 Å². The van der Waals surface area contributed by atoms with Crippen molar-refractivity contribution in [2.24, 2.45) is 0 Å². The first-order valence-corrected chi connectivity index (χ1v) is 9.61. The lowest BCUT2D eigenvalue weighted by Crippen LogP contribution is -2.36. The molecule has 1 aliphatic heterocycles. The van der Waals surface area contributed by atoms with E-state index in [2.05, 4.69) is 10.6 Å². The Morgan fingerprint density at radius 3 is 2.48 bits per heavy atom. The molecular formula is C21H24F3N3O4. The first-order valence-electron chi connectivity index (χ1n) is 9.61. The average molecular weight is 439 g/mol. The molecular weight excluding hydrogens is 415 g/mol. The second kappa shape index (κ2) is 9.78. The number of methoxy groups -OCH3 is 2. The van der Waals surface area contributed by atoms with Crippen molar-refractivity contribution < 1.29 is 32.2 Å². The van der Waals surface area contributed by atoms with Gasteiger partial charge in [-0.2, -0.15) is 13.2 Å². The Morgan fingerprint density at radius 2 is 1.84 bits per heavy atom. The number of urea groups is 1. The number of benzene rings is 2. The van der Waals surface area contributed by atoms with Gasteiger partial charge in [0, 0.05) is 30.9 Å². The number of halogens is 3. The van der Waals surface area contributed by atoms with E-state index in [1.165, 1.54) is 20.3 Å². The molecule has 1 saturated heterocycles. The molecule has 2 N–H and O–H groups in total. The van der Waals surface area contributed by atoms with E-state index in [0.29, 0.717) is 49.1 Å². The molecule has 2 aromatic rings. The number of nitrogens with zero attached hydrogens (tertiary/aromatic N) is 1. The third-order valence-electron chi connectivity index (χ3n) is 4.86. The fraction of sp³-hybridized carbons (Fsp3) is 0.381. The van der Waals surface area contributed by atoms with Gasteiger partial charge in [0.1, 0.15) is 11.5 Å². The quantitative estimate of drug-likeness (QED) is 0.715. The van der Waals surface area contributed by atoms with Gasteiger partial charge in [-0.3, -0.25) is 0 Å². The van der Waals surface area contributed by atoms with Gasteiger partial charge in [-0.15, -0.1) is 0 Å². The van der Waals surface area contributed by atoms with Crippen LogP contribution in [0, 0.1) is 0 Å². The number of amides is 2. The maximum Gasteiger partial charge on any atom is 0.418 e. The van der Waals surface area contributed by atoms with Crippen molar-refractivity contribution in [1.29, 1.82) is 0 Å². The zero-order chi connectivity index (χ0) is 22.4. The fourth-order valence-electron chi connectivity index (χ4n) is 3.26. The number of carbonyl (C=O) groups excluding carboxylic acids is 1. The summed E-state index contributed by atoms with van der Waals surface area (Å²) in [6, 6.07) is 8.16. The van der Waals surface area contributed by atoms with Crippen molar-refractivity contribution >= 4 is 17.4 Å². The number of carbonyl (C=O) groups is 1. The summed E-state index contributed by atoms with van der Waals surface area (Å²) in [5.41, 5.74) is -0.177. The summed E-state index contributed by atoms with van der Waals surface area (Å²) in [5.74, 6) is 1.09. The molecule has 2 amide bonds. The highest BCUT2D eigenvalue weighted by Crippen LogP contribution is 2.37. The molecule has 0 spiro atoms. The Hall–Kier alpha value is -3.14. The number of alkyl halides is 3. The smallest absolute Gasteiger partial charge is 0.418 e. The van der Waals surface area contributed by atoms with Crippen molar-refractivity contribution in [3.8, 4) is 11.5 Å². The largest absolute Gasteiger partial charge is 0.497 e. The molecule has 0 atom stereocenters. The molecule has 168 valence electrons. The number of rotatable bonds is 6. The molecule has 1 aliphatic rings. The lowest BCUT2D eigenvalue weighted by atomic mass is 10.1. The molecule has 0 unspecified atom stereocenters. The molecule has 3 rings (SSSR count). The van der Waals surface area contributed by atoms with Crippen LogP contribution in [0.3, 0.4) is 0 Å². The summed E-state index contributed by atoms with van der Waals surface area (Å²) in [5, 5.41) is 4.85. The molecule has 7 nitrogen and oxygen atoms in total. The molecule has 0 radical (unpaired) electrons. The van der Waals surface area contributed by atoms with Crippen LogP contribution in [0.4, 0.5) is 29.3 Å². The summed E-state index contributed by atoms with van der Waals surface area (Å²) >= 11 is 0. The van der Waals surface area contributed by atoms with Gasteiger partial charge in [0.2, 0.25) is 0 Å². The monoisotopic (exact) mass is 439 g/mol. The molecule has 0 saturated carbocycles. The molecule has 1 heterocycles. The van der Waals surface area contributed by atoms with Gasteiger partial charge in [-0.05, 0) is 36.4 Å². The standard InChI is InChI=1S/C21H24F3N3O4/c1-29-16-4-6-19(30-2)14(11-16)13-25-20(28)26-18-5-3-15(12-17(18)21(22,23)24)27-7-9-31-10-8-27/h3-6,11-12H,7-10,13H2,1-2H3,(H2,25,26,28). The van der Waals surface area contributed by atoms with Gasteiger partial charge < -0.3 is 29.7 Å².